The molecule has 0 unspecified atom stereocenters. The minimum atomic E-state index is 0.813. The topological polar surface area (TPSA) is 38.9 Å². The number of fused-ring (bicyclic) bond motifs is 3. The van der Waals surface area contributed by atoms with Crippen molar-refractivity contribution >= 4 is 21.9 Å². The zero-order valence-electron chi connectivity index (χ0n) is 13.4. The summed E-state index contributed by atoms with van der Waals surface area (Å²) in [7, 11) is 0. The van der Waals surface area contributed by atoms with Gasteiger partial charge in [-0.2, -0.15) is 0 Å². The zero-order chi connectivity index (χ0) is 16.6. The molecule has 0 bridgehead atoms. The van der Waals surface area contributed by atoms with Gasteiger partial charge in [0.15, 0.2) is 0 Å². The van der Waals surface area contributed by atoms with E-state index in [2.05, 4.69) is 46.4 Å². The zero-order valence-corrected chi connectivity index (χ0v) is 13.4. The third-order valence-electron chi connectivity index (χ3n) is 4.45. The van der Waals surface area contributed by atoms with Gasteiger partial charge in [-0.15, -0.1) is 0 Å². The smallest absolute Gasteiger partial charge is 0.144 e. The maximum Gasteiger partial charge on any atom is 0.144 e. The Labute approximate surface area is 144 Å². The van der Waals surface area contributed by atoms with Crippen molar-refractivity contribution < 1.29 is 4.42 Å². The average Bonchev–Trinajstić information content (AvgIpc) is 3.08. The van der Waals surface area contributed by atoms with Crippen molar-refractivity contribution in [1.29, 1.82) is 0 Å². The van der Waals surface area contributed by atoms with Gasteiger partial charge in [-0.05, 0) is 11.6 Å². The van der Waals surface area contributed by atoms with Crippen molar-refractivity contribution in [3.63, 3.8) is 0 Å². The summed E-state index contributed by atoms with van der Waals surface area (Å²) >= 11 is 0. The standard InChI is InChI=1S/C22H14N2O/c1-2-6-15(7-3-1)16-8-4-9-17-18-10-5-11-19(22(18)25-21(16)17)20-14-23-12-13-24-20/h1-14H. The van der Waals surface area contributed by atoms with Crippen molar-refractivity contribution in [3.05, 3.63) is 85.3 Å². The fraction of sp³-hybridized carbons (Fsp3) is 0. The van der Waals surface area contributed by atoms with Gasteiger partial charge in [-0.1, -0.05) is 60.7 Å². The molecule has 0 aliphatic carbocycles. The number of rotatable bonds is 2. The Morgan fingerprint density at radius 1 is 0.640 bits per heavy atom. The van der Waals surface area contributed by atoms with Crippen molar-refractivity contribution in [3.8, 4) is 22.4 Å². The van der Waals surface area contributed by atoms with E-state index in [0.717, 1.165) is 44.3 Å². The molecule has 2 aromatic heterocycles. The summed E-state index contributed by atoms with van der Waals surface area (Å²) in [5.41, 5.74) is 5.77. The Hall–Kier alpha value is -3.46. The number of benzene rings is 3. The lowest BCUT2D eigenvalue weighted by Crippen LogP contribution is -1.84. The van der Waals surface area contributed by atoms with Crippen LogP contribution in [-0.2, 0) is 0 Å². The summed E-state index contributed by atoms with van der Waals surface area (Å²) in [4.78, 5) is 8.61. The first-order valence-corrected chi connectivity index (χ1v) is 8.18. The first-order valence-electron chi connectivity index (χ1n) is 8.18. The SMILES string of the molecule is c1ccc(-c2cccc3c2oc2c(-c4cnccn4)cccc23)cc1. The molecule has 5 rings (SSSR count). The lowest BCUT2D eigenvalue weighted by atomic mass is 10.0. The van der Waals surface area contributed by atoms with E-state index in [0.29, 0.717) is 0 Å². The molecule has 0 atom stereocenters. The second-order valence-electron chi connectivity index (χ2n) is 5.92. The fourth-order valence-electron chi connectivity index (χ4n) is 3.31. The number of para-hydroxylation sites is 2. The van der Waals surface area contributed by atoms with Gasteiger partial charge >= 0.3 is 0 Å². The quantitative estimate of drug-likeness (QED) is 0.418. The highest BCUT2D eigenvalue weighted by Gasteiger charge is 2.15. The van der Waals surface area contributed by atoms with Gasteiger partial charge in [0.25, 0.3) is 0 Å². The van der Waals surface area contributed by atoms with Crippen LogP contribution in [0.3, 0.4) is 0 Å². The van der Waals surface area contributed by atoms with Crippen molar-refractivity contribution in [2.24, 2.45) is 0 Å². The maximum atomic E-state index is 6.36. The molecule has 0 aliphatic heterocycles. The maximum absolute atomic E-state index is 6.36. The molecule has 0 saturated heterocycles. The molecule has 0 radical (unpaired) electrons. The van der Waals surface area contributed by atoms with E-state index in [1.807, 2.05) is 30.3 Å². The lowest BCUT2D eigenvalue weighted by molar-refractivity contribution is 0.671. The summed E-state index contributed by atoms with van der Waals surface area (Å²) in [5.74, 6) is 0. The van der Waals surface area contributed by atoms with Crippen molar-refractivity contribution in [2.75, 3.05) is 0 Å². The van der Waals surface area contributed by atoms with Crippen LogP contribution in [0.15, 0.2) is 89.7 Å². The first kappa shape index (κ1) is 13.9. The molecular weight excluding hydrogens is 308 g/mol. The highest BCUT2D eigenvalue weighted by molar-refractivity contribution is 6.12. The van der Waals surface area contributed by atoms with Crippen LogP contribution in [-0.4, -0.2) is 9.97 Å². The third-order valence-corrected chi connectivity index (χ3v) is 4.45. The van der Waals surface area contributed by atoms with Gasteiger partial charge in [-0.3, -0.25) is 9.97 Å². The minimum absolute atomic E-state index is 0.813. The third kappa shape index (κ3) is 2.21. The minimum Gasteiger partial charge on any atom is -0.455 e. The second-order valence-corrected chi connectivity index (χ2v) is 5.92. The highest BCUT2D eigenvalue weighted by atomic mass is 16.3. The van der Waals surface area contributed by atoms with Gasteiger partial charge < -0.3 is 4.42 Å². The number of furan rings is 1. The molecule has 0 N–H and O–H groups in total. The van der Waals surface area contributed by atoms with Crippen LogP contribution in [0.4, 0.5) is 0 Å². The summed E-state index contributed by atoms with van der Waals surface area (Å²) in [6.07, 6.45) is 5.14. The van der Waals surface area contributed by atoms with E-state index in [-0.39, 0.29) is 0 Å². The van der Waals surface area contributed by atoms with E-state index in [1.165, 1.54) is 0 Å². The Bertz CT molecular complexity index is 1080. The largest absolute Gasteiger partial charge is 0.455 e. The van der Waals surface area contributed by atoms with E-state index in [4.69, 9.17) is 4.42 Å². The molecule has 0 aliphatic rings. The van der Waals surface area contributed by atoms with E-state index >= 15 is 0 Å². The molecule has 3 nitrogen and oxygen atoms in total. The molecular formula is C22H14N2O. The Morgan fingerprint density at radius 3 is 2.08 bits per heavy atom. The van der Waals surface area contributed by atoms with Crippen LogP contribution in [0.5, 0.6) is 0 Å². The predicted molar refractivity (Wildman–Crippen MR) is 100 cm³/mol. The van der Waals surface area contributed by atoms with Crippen LogP contribution in [0.2, 0.25) is 0 Å². The molecule has 0 amide bonds. The highest BCUT2D eigenvalue weighted by Crippen LogP contribution is 2.38. The Kier molecular flexibility index (Phi) is 3.10. The Morgan fingerprint density at radius 2 is 1.36 bits per heavy atom. The fourth-order valence-corrected chi connectivity index (χ4v) is 3.31. The molecule has 2 heterocycles. The van der Waals surface area contributed by atoms with Crippen molar-refractivity contribution in [2.45, 2.75) is 0 Å². The van der Waals surface area contributed by atoms with E-state index in [9.17, 15) is 0 Å². The first-order chi connectivity index (χ1) is 12.4. The van der Waals surface area contributed by atoms with Gasteiger partial charge in [0.05, 0.1) is 11.9 Å². The molecule has 0 saturated carbocycles. The molecule has 3 heteroatoms. The number of aromatic nitrogens is 2. The summed E-state index contributed by atoms with van der Waals surface area (Å²) in [6.45, 7) is 0. The monoisotopic (exact) mass is 322 g/mol. The van der Waals surface area contributed by atoms with Crippen LogP contribution in [0.1, 0.15) is 0 Å². The number of nitrogens with zero attached hydrogens (tertiary/aromatic N) is 2. The van der Waals surface area contributed by atoms with Gasteiger partial charge in [0.1, 0.15) is 11.2 Å². The molecule has 3 aromatic carbocycles. The van der Waals surface area contributed by atoms with Gasteiger partial charge in [0.2, 0.25) is 0 Å². The normalized spacial score (nSPS) is 11.2. The summed E-state index contributed by atoms with van der Waals surface area (Å²) in [6, 6.07) is 22.8. The average molecular weight is 322 g/mol. The lowest BCUT2D eigenvalue weighted by Gasteiger charge is -2.01. The number of hydrogen-bond acceptors (Lipinski definition) is 3. The molecule has 25 heavy (non-hydrogen) atoms. The van der Waals surface area contributed by atoms with Crippen molar-refractivity contribution in [1.82, 2.24) is 9.97 Å². The Balaban J connectivity index is 1.85. The second kappa shape index (κ2) is 5.56. The summed E-state index contributed by atoms with van der Waals surface area (Å²) < 4.78 is 6.36. The van der Waals surface area contributed by atoms with Gasteiger partial charge in [-0.25, -0.2) is 0 Å². The van der Waals surface area contributed by atoms with E-state index in [1.54, 1.807) is 18.6 Å². The molecule has 0 spiro atoms. The molecule has 5 aromatic rings. The molecule has 0 fully saturated rings. The van der Waals surface area contributed by atoms with Crippen LogP contribution in [0.25, 0.3) is 44.3 Å². The molecule has 118 valence electrons. The van der Waals surface area contributed by atoms with Gasteiger partial charge in [0, 0.05) is 34.3 Å². The number of hydrogen-bond donors (Lipinski definition) is 0. The van der Waals surface area contributed by atoms with Crippen LogP contribution < -0.4 is 0 Å². The summed E-state index contributed by atoms with van der Waals surface area (Å²) in [5, 5.41) is 2.21. The van der Waals surface area contributed by atoms with Crippen LogP contribution in [0, 0.1) is 0 Å². The van der Waals surface area contributed by atoms with E-state index < -0.39 is 0 Å². The predicted octanol–water partition coefficient (Wildman–Crippen LogP) is 5.71. The van der Waals surface area contributed by atoms with Crippen LogP contribution >= 0.6 is 0 Å².